The number of benzene rings is 7. The Morgan fingerprint density at radius 2 is 1.12 bits per heavy atom. The summed E-state index contributed by atoms with van der Waals surface area (Å²) in [7, 11) is 0. The summed E-state index contributed by atoms with van der Waals surface area (Å²) in [5.41, 5.74) is 16.7. The van der Waals surface area contributed by atoms with E-state index in [-0.39, 0.29) is 16.2 Å². The maximum absolute atomic E-state index is 6.93. The van der Waals surface area contributed by atoms with E-state index in [4.69, 9.17) is 8.83 Å². The van der Waals surface area contributed by atoms with Gasteiger partial charge in [-0.05, 0) is 81.1 Å². The third kappa shape index (κ3) is 5.10. The Bertz CT molecular complexity index is 3010. The number of para-hydroxylation sites is 2. The Labute approximate surface area is 329 Å². The minimum absolute atomic E-state index is 0.0412. The van der Waals surface area contributed by atoms with Crippen LogP contribution in [0.4, 0.5) is 17.1 Å². The maximum Gasteiger partial charge on any atom is 0.143 e. The molecule has 7 aromatic carbocycles. The van der Waals surface area contributed by atoms with Gasteiger partial charge < -0.3 is 13.7 Å². The third-order valence-electron chi connectivity index (χ3n) is 12.2. The molecule has 0 bridgehead atoms. The van der Waals surface area contributed by atoms with Crippen molar-refractivity contribution in [2.24, 2.45) is 0 Å². The average molecular weight is 730 g/mol. The second-order valence-electron chi connectivity index (χ2n) is 18.2. The summed E-state index contributed by atoms with van der Waals surface area (Å²) in [5.74, 6) is 0. The molecule has 0 aliphatic heterocycles. The zero-order valence-electron chi connectivity index (χ0n) is 33.5. The highest BCUT2D eigenvalue weighted by molar-refractivity contribution is 6.15. The van der Waals surface area contributed by atoms with Crippen molar-refractivity contribution in [3.05, 3.63) is 162 Å². The van der Waals surface area contributed by atoms with Gasteiger partial charge in [0.25, 0.3) is 0 Å². The first kappa shape index (κ1) is 34.4. The van der Waals surface area contributed by atoms with Crippen LogP contribution in [0, 0.1) is 0 Å². The molecule has 0 fully saturated rings. The summed E-state index contributed by atoms with van der Waals surface area (Å²) < 4.78 is 13.4. The minimum atomic E-state index is -0.139. The van der Waals surface area contributed by atoms with Gasteiger partial charge in [0.05, 0.1) is 16.8 Å². The van der Waals surface area contributed by atoms with Crippen molar-refractivity contribution in [1.82, 2.24) is 0 Å². The van der Waals surface area contributed by atoms with Gasteiger partial charge in [0.2, 0.25) is 0 Å². The second-order valence-corrected chi connectivity index (χ2v) is 18.2. The summed E-state index contributed by atoms with van der Waals surface area (Å²) in [5, 5.41) is 4.54. The molecule has 2 aromatic heterocycles. The Morgan fingerprint density at radius 1 is 0.500 bits per heavy atom. The van der Waals surface area contributed by atoms with E-state index < -0.39 is 0 Å². The molecule has 9 aromatic rings. The van der Waals surface area contributed by atoms with Crippen molar-refractivity contribution >= 4 is 60.9 Å². The zero-order chi connectivity index (χ0) is 38.7. The fraction of sp³-hybridized carbons (Fsp3) is 0.208. The first-order chi connectivity index (χ1) is 26.8. The van der Waals surface area contributed by atoms with Crippen LogP contribution < -0.4 is 4.90 Å². The van der Waals surface area contributed by atoms with E-state index in [1.54, 1.807) is 0 Å². The molecule has 0 N–H and O–H groups in total. The van der Waals surface area contributed by atoms with Gasteiger partial charge in [-0.1, -0.05) is 152 Å². The molecular formula is C53H47NO2. The predicted molar refractivity (Wildman–Crippen MR) is 236 cm³/mol. The van der Waals surface area contributed by atoms with Gasteiger partial charge >= 0.3 is 0 Å². The summed E-state index contributed by atoms with van der Waals surface area (Å²) in [4.78, 5) is 2.47. The largest absolute Gasteiger partial charge is 0.456 e. The van der Waals surface area contributed by atoms with Gasteiger partial charge in [0, 0.05) is 44.0 Å². The second kappa shape index (κ2) is 12.0. The molecule has 3 heteroatoms. The lowest BCUT2D eigenvalue weighted by Crippen LogP contribution is -2.16. The standard InChI is InChI=1S/C53H47NO2/c1-51(2,3)33-30-39-48-44(23-15-25-46(48)56-50(39)42(31-33)52(4,5)6)54(43-22-14-21-41-47(43)38-17-9-11-20-40(38)53(41,7)8)34-28-26-32(27-29-34)35-18-13-19-37-36-16-10-12-24-45(36)55-49(35)37/h9-31H,1-8H3. The monoisotopic (exact) mass is 729 g/mol. The molecule has 3 nitrogen and oxygen atoms in total. The summed E-state index contributed by atoms with van der Waals surface area (Å²) in [6.45, 7) is 18.5. The van der Waals surface area contributed by atoms with Gasteiger partial charge in [-0.3, -0.25) is 0 Å². The number of hydrogen-bond acceptors (Lipinski definition) is 3. The van der Waals surface area contributed by atoms with E-state index in [9.17, 15) is 0 Å². The predicted octanol–water partition coefficient (Wildman–Crippen LogP) is 15.5. The van der Waals surface area contributed by atoms with Crippen molar-refractivity contribution in [3.8, 4) is 22.3 Å². The normalized spacial score (nSPS) is 13.9. The molecule has 0 unspecified atom stereocenters. The zero-order valence-corrected chi connectivity index (χ0v) is 33.5. The van der Waals surface area contributed by atoms with Gasteiger partial charge in [0.15, 0.2) is 0 Å². The van der Waals surface area contributed by atoms with Gasteiger partial charge in [-0.2, -0.15) is 0 Å². The number of furan rings is 2. The molecule has 10 rings (SSSR count). The van der Waals surface area contributed by atoms with E-state index in [1.165, 1.54) is 33.4 Å². The van der Waals surface area contributed by atoms with E-state index in [0.29, 0.717) is 0 Å². The topological polar surface area (TPSA) is 29.5 Å². The van der Waals surface area contributed by atoms with Crippen molar-refractivity contribution in [3.63, 3.8) is 0 Å². The molecule has 1 aliphatic rings. The number of nitrogens with zero attached hydrogens (tertiary/aromatic N) is 1. The van der Waals surface area contributed by atoms with Crippen LogP contribution in [0.25, 0.3) is 66.1 Å². The summed E-state index contributed by atoms with van der Waals surface area (Å²) in [6.07, 6.45) is 0. The van der Waals surface area contributed by atoms with Gasteiger partial charge in [-0.15, -0.1) is 0 Å². The van der Waals surface area contributed by atoms with E-state index in [0.717, 1.165) is 72.1 Å². The molecule has 56 heavy (non-hydrogen) atoms. The fourth-order valence-corrected chi connectivity index (χ4v) is 9.18. The molecule has 0 amide bonds. The molecule has 0 saturated heterocycles. The quantitative estimate of drug-likeness (QED) is 0.181. The van der Waals surface area contributed by atoms with Crippen molar-refractivity contribution in [2.45, 2.75) is 71.6 Å². The lowest BCUT2D eigenvalue weighted by atomic mass is 9.79. The van der Waals surface area contributed by atoms with E-state index in [1.807, 2.05) is 12.1 Å². The molecular weight excluding hydrogens is 683 g/mol. The Morgan fingerprint density at radius 3 is 1.91 bits per heavy atom. The van der Waals surface area contributed by atoms with E-state index in [2.05, 4.69) is 188 Å². The van der Waals surface area contributed by atoms with Crippen LogP contribution in [0.3, 0.4) is 0 Å². The third-order valence-corrected chi connectivity index (χ3v) is 12.2. The van der Waals surface area contributed by atoms with Gasteiger partial charge in [-0.25, -0.2) is 0 Å². The summed E-state index contributed by atoms with van der Waals surface area (Å²) >= 11 is 0. The highest BCUT2D eigenvalue weighted by Gasteiger charge is 2.38. The Hall–Kier alpha value is -6.06. The van der Waals surface area contributed by atoms with Crippen LogP contribution in [0.1, 0.15) is 77.6 Å². The maximum atomic E-state index is 6.93. The number of anilines is 3. The number of fused-ring (bicyclic) bond motifs is 9. The van der Waals surface area contributed by atoms with Crippen molar-refractivity contribution in [2.75, 3.05) is 4.90 Å². The van der Waals surface area contributed by atoms with Crippen LogP contribution in [-0.4, -0.2) is 0 Å². The van der Waals surface area contributed by atoms with Crippen LogP contribution in [0.2, 0.25) is 0 Å². The molecule has 1 aliphatic carbocycles. The van der Waals surface area contributed by atoms with Crippen molar-refractivity contribution in [1.29, 1.82) is 0 Å². The molecule has 0 radical (unpaired) electrons. The van der Waals surface area contributed by atoms with E-state index >= 15 is 0 Å². The average Bonchev–Trinajstić information content (AvgIpc) is 3.83. The van der Waals surface area contributed by atoms with Crippen LogP contribution in [0.5, 0.6) is 0 Å². The van der Waals surface area contributed by atoms with Crippen LogP contribution in [-0.2, 0) is 16.2 Å². The molecule has 0 atom stereocenters. The van der Waals surface area contributed by atoms with Crippen LogP contribution >= 0.6 is 0 Å². The first-order valence-corrected chi connectivity index (χ1v) is 19.9. The first-order valence-electron chi connectivity index (χ1n) is 19.9. The smallest absolute Gasteiger partial charge is 0.143 e. The summed E-state index contributed by atoms with van der Waals surface area (Å²) in [6, 6.07) is 50.8. The molecule has 0 spiro atoms. The van der Waals surface area contributed by atoms with Gasteiger partial charge in [0.1, 0.15) is 22.3 Å². The Kier molecular flexibility index (Phi) is 7.36. The molecule has 276 valence electrons. The lowest BCUT2D eigenvalue weighted by molar-refractivity contribution is 0.559. The highest BCUT2D eigenvalue weighted by Crippen LogP contribution is 2.55. The number of hydrogen-bond donors (Lipinski definition) is 0. The molecule has 0 saturated carbocycles. The number of rotatable bonds is 4. The Balaban J connectivity index is 1.25. The van der Waals surface area contributed by atoms with Crippen molar-refractivity contribution < 1.29 is 8.83 Å². The minimum Gasteiger partial charge on any atom is -0.456 e. The molecule has 2 heterocycles. The van der Waals surface area contributed by atoms with Crippen LogP contribution in [0.15, 0.2) is 148 Å². The lowest BCUT2D eigenvalue weighted by Gasteiger charge is -2.29. The highest BCUT2D eigenvalue weighted by atomic mass is 16.3. The fourth-order valence-electron chi connectivity index (χ4n) is 9.18. The SMILES string of the molecule is CC(C)(C)c1cc(C(C)(C)C)c2oc3cccc(N(c4ccc(-c5cccc6c5oc5ccccc56)cc4)c4cccc5c4-c4ccccc4C5(C)C)c3c2c1.